The summed E-state index contributed by atoms with van der Waals surface area (Å²) in [5.41, 5.74) is 4.26. The highest BCUT2D eigenvalue weighted by molar-refractivity contribution is 7.80. The van der Waals surface area contributed by atoms with Crippen molar-refractivity contribution in [1.29, 1.82) is 0 Å². The molecule has 0 amide bonds. The molecule has 1 aliphatic rings. The Bertz CT molecular complexity index is 1240. The van der Waals surface area contributed by atoms with Crippen LogP contribution >= 0.6 is 12.2 Å². The van der Waals surface area contributed by atoms with Crippen molar-refractivity contribution in [3.05, 3.63) is 95.8 Å². The van der Waals surface area contributed by atoms with Gasteiger partial charge in [0.25, 0.3) is 0 Å². The Labute approximate surface area is 184 Å². The molecule has 0 aliphatic carbocycles. The van der Waals surface area contributed by atoms with Crippen LogP contribution in [0.25, 0.3) is 0 Å². The van der Waals surface area contributed by atoms with Gasteiger partial charge in [-0.15, -0.1) is 10.2 Å². The standard InChI is InChI=1S/C22H20FN7S/c1-14-11-16(15(2)30(14)28-12-25-26-13-28)21-20(18-8-5-6-10-24-18)27-22(31)29(21)19-9-4-3-7-17(19)23/h3-13,20-21H,1-2H3,(H,27,31)/t20-,21-/m1/s1. The molecule has 1 aromatic carbocycles. The summed E-state index contributed by atoms with van der Waals surface area (Å²) in [6.45, 7) is 4.04. The van der Waals surface area contributed by atoms with Crippen LogP contribution in [0.2, 0.25) is 0 Å². The number of nitrogens with one attached hydrogen (secondary N) is 1. The molecule has 9 heteroatoms. The van der Waals surface area contributed by atoms with E-state index >= 15 is 0 Å². The summed E-state index contributed by atoms with van der Waals surface area (Å²) in [4.78, 5) is 6.41. The molecule has 0 spiro atoms. The lowest BCUT2D eigenvalue weighted by molar-refractivity contribution is 0.550. The number of hydrogen-bond acceptors (Lipinski definition) is 4. The highest BCUT2D eigenvalue weighted by atomic mass is 32.1. The van der Waals surface area contributed by atoms with Crippen molar-refractivity contribution < 1.29 is 4.39 Å². The first kappa shape index (κ1) is 19.4. The number of halogens is 1. The number of aromatic nitrogens is 5. The molecule has 1 aliphatic heterocycles. The highest BCUT2D eigenvalue weighted by Gasteiger charge is 2.43. The van der Waals surface area contributed by atoms with Crippen LogP contribution in [0.15, 0.2) is 67.4 Å². The number of benzene rings is 1. The molecule has 0 bridgehead atoms. The quantitative estimate of drug-likeness (QED) is 0.495. The monoisotopic (exact) mass is 433 g/mol. The average Bonchev–Trinajstić information content (AvgIpc) is 3.47. The van der Waals surface area contributed by atoms with Gasteiger partial charge in [0.2, 0.25) is 0 Å². The van der Waals surface area contributed by atoms with Crippen molar-refractivity contribution in [1.82, 2.24) is 29.9 Å². The first-order chi connectivity index (χ1) is 15.1. The fourth-order valence-corrected chi connectivity index (χ4v) is 4.65. The molecule has 5 rings (SSSR count). The Morgan fingerprint density at radius 3 is 2.48 bits per heavy atom. The van der Waals surface area contributed by atoms with Crippen molar-refractivity contribution in [2.24, 2.45) is 0 Å². The Hall–Kier alpha value is -3.59. The van der Waals surface area contributed by atoms with Crippen molar-refractivity contribution >= 4 is 23.0 Å². The number of thiocarbonyl (C=S) groups is 1. The van der Waals surface area contributed by atoms with E-state index in [9.17, 15) is 4.39 Å². The second-order valence-electron chi connectivity index (χ2n) is 7.43. The van der Waals surface area contributed by atoms with E-state index in [0.29, 0.717) is 10.8 Å². The van der Waals surface area contributed by atoms with Gasteiger partial charge in [-0.2, -0.15) is 0 Å². The van der Waals surface area contributed by atoms with Gasteiger partial charge in [-0.3, -0.25) is 9.66 Å². The predicted octanol–water partition coefficient (Wildman–Crippen LogP) is 3.72. The van der Waals surface area contributed by atoms with Gasteiger partial charge in [0.1, 0.15) is 18.5 Å². The Morgan fingerprint density at radius 2 is 1.77 bits per heavy atom. The normalized spacial score (nSPS) is 18.4. The van der Waals surface area contributed by atoms with Crippen LogP contribution < -0.4 is 10.2 Å². The first-order valence-corrected chi connectivity index (χ1v) is 10.3. The SMILES string of the molecule is Cc1cc([C@@H]2[C@@H](c3ccccn3)NC(=S)N2c2ccccc2F)c(C)n1-n1cnnc1. The number of hydrogen-bond donors (Lipinski definition) is 1. The summed E-state index contributed by atoms with van der Waals surface area (Å²) in [6.07, 6.45) is 5.04. The molecule has 156 valence electrons. The number of rotatable bonds is 4. The largest absolute Gasteiger partial charge is 0.351 e. The van der Waals surface area contributed by atoms with E-state index < -0.39 is 0 Å². The van der Waals surface area contributed by atoms with Crippen LogP contribution in [0, 0.1) is 19.7 Å². The zero-order chi connectivity index (χ0) is 21.5. The van der Waals surface area contributed by atoms with Crippen molar-refractivity contribution in [2.75, 3.05) is 4.90 Å². The molecule has 7 nitrogen and oxygen atoms in total. The predicted molar refractivity (Wildman–Crippen MR) is 119 cm³/mol. The number of nitrogens with zero attached hydrogens (tertiary/aromatic N) is 6. The molecule has 1 saturated heterocycles. The van der Waals surface area contributed by atoms with E-state index in [1.807, 2.05) is 52.4 Å². The van der Waals surface area contributed by atoms with Crippen LogP contribution in [-0.4, -0.2) is 29.6 Å². The van der Waals surface area contributed by atoms with E-state index in [0.717, 1.165) is 22.6 Å². The summed E-state index contributed by atoms with van der Waals surface area (Å²) < 4.78 is 18.7. The maximum Gasteiger partial charge on any atom is 0.174 e. The van der Waals surface area contributed by atoms with Gasteiger partial charge in [0, 0.05) is 23.1 Å². The topological polar surface area (TPSA) is 63.8 Å². The summed E-state index contributed by atoms with van der Waals surface area (Å²) in [5, 5.41) is 11.7. The molecule has 4 aromatic rings. The minimum absolute atomic E-state index is 0.247. The lowest BCUT2D eigenvalue weighted by Crippen LogP contribution is -2.30. The smallest absolute Gasteiger partial charge is 0.174 e. The second kappa shape index (κ2) is 7.59. The maximum absolute atomic E-state index is 14.9. The lowest BCUT2D eigenvalue weighted by Gasteiger charge is -2.28. The van der Waals surface area contributed by atoms with E-state index in [-0.39, 0.29) is 17.9 Å². The fourth-order valence-electron chi connectivity index (χ4n) is 4.31. The summed E-state index contributed by atoms with van der Waals surface area (Å²) in [6, 6.07) is 14.0. The first-order valence-electron chi connectivity index (χ1n) is 9.85. The van der Waals surface area contributed by atoms with Gasteiger partial charge in [0.05, 0.1) is 23.5 Å². The van der Waals surface area contributed by atoms with Crippen LogP contribution in [0.1, 0.15) is 34.7 Å². The zero-order valence-electron chi connectivity index (χ0n) is 17.0. The van der Waals surface area contributed by atoms with E-state index in [4.69, 9.17) is 12.2 Å². The summed E-state index contributed by atoms with van der Waals surface area (Å²) in [5.74, 6) is -0.328. The third-order valence-corrected chi connectivity index (χ3v) is 5.91. The molecule has 2 atom stereocenters. The molecular formula is C22H20FN7S. The lowest BCUT2D eigenvalue weighted by atomic mass is 9.96. The minimum Gasteiger partial charge on any atom is -0.351 e. The molecule has 0 unspecified atom stereocenters. The molecular weight excluding hydrogens is 413 g/mol. The minimum atomic E-state index is -0.328. The van der Waals surface area contributed by atoms with Gasteiger partial charge in [-0.05, 0) is 56.4 Å². The number of para-hydroxylation sites is 1. The van der Waals surface area contributed by atoms with Crippen molar-refractivity contribution in [3.8, 4) is 0 Å². The van der Waals surface area contributed by atoms with Crippen LogP contribution in [0.5, 0.6) is 0 Å². The molecule has 4 heterocycles. The highest BCUT2D eigenvalue weighted by Crippen LogP contribution is 2.43. The third kappa shape index (κ3) is 3.17. The van der Waals surface area contributed by atoms with Crippen molar-refractivity contribution in [2.45, 2.75) is 25.9 Å². The molecule has 31 heavy (non-hydrogen) atoms. The summed E-state index contributed by atoms with van der Waals surface area (Å²) >= 11 is 5.69. The number of pyridine rings is 1. The van der Waals surface area contributed by atoms with Crippen LogP contribution in [0.4, 0.5) is 10.1 Å². The van der Waals surface area contributed by atoms with E-state index in [1.54, 1.807) is 31.0 Å². The zero-order valence-corrected chi connectivity index (χ0v) is 17.8. The van der Waals surface area contributed by atoms with Crippen LogP contribution in [-0.2, 0) is 0 Å². The Balaban J connectivity index is 1.70. The summed E-state index contributed by atoms with van der Waals surface area (Å²) in [7, 11) is 0. The van der Waals surface area contributed by atoms with Gasteiger partial charge in [0.15, 0.2) is 5.11 Å². The Kier molecular flexibility index (Phi) is 4.74. The fraction of sp³-hybridized carbons (Fsp3) is 0.182. The average molecular weight is 434 g/mol. The van der Waals surface area contributed by atoms with Gasteiger partial charge in [-0.1, -0.05) is 18.2 Å². The van der Waals surface area contributed by atoms with Gasteiger partial charge in [-0.25, -0.2) is 9.07 Å². The van der Waals surface area contributed by atoms with Crippen LogP contribution in [0.3, 0.4) is 0 Å². The molecule has 1 fully saturated rings. The molecule has 3 aromatic heterocycles. The number of aryl methyl sites for hydroxylation is 1. The van der Waals surface area contributed by atoms with E-state index in [2.05, 4.69) is 26.6 Å². The number of anilines is 1. The maximum atomic E-state index is 14.9. The van der Waals surface area contributed by atoms with Gasteiger partial charge < -0.3 is 10.2 Å². The molecule has 1 N–H and O–H groups in total. The third-order valence-electron chi connectivity index (χ3n) is 5.60. The molecule has 0 saturated carbocycles. The second-order valence-corrected chi connectivity index (χ2v) is 7.81. The van der Waals surface area contributed by atoms with Crippen molar-refractivity contribution in [3.63, 3.8) is 0 Å². The Morgan fingerprint density at radius 1 is 1.03 bits per heavy atom. The van der Waals surface area contributed by atoms with Gasteiger partial charge >= 0.3 is 0 Å². The van der Waals surface area contributed by atoms with E-state index in [1.165, 1.54) is 6.07 Å². The molecule has 0 radical (unpaired) electrons.